The maximum absolute atomic E-state index is 13.6. The number of amides is 2. The van der Waals surface area contributed by atoms with Crippen molar-refractivity contribution in [1.82, 2.24) is 4.90 Å². The van der Waals surface area contributed by atoms with Crippen LogP contribution < -0.4 is 5.32 Å². The second-order valence-electron chi connectivity index (χ2n) is 5.62. The number of carbonyl (C=O) groups excluding carboxylic acids is 1. The minimum atomic E-state index is -1.01. The lowest BCUT2D eigenvalue weighted by atomic mass is 10.0. The van der Waals surface area contributed by atoms with Gasteiger partial charge in [0.05, 0.1) is 12.1 Å². The SMILES string of the molecule is N#Cc1c(NC(=O)/C=C/c2ccccc2F)sc2c1CCN(C(=O)O)C2. The topological polar surface area (TPSA) is 93.4 Å². The number of hydrogen-bond donors (Lipinski definition) is 2. The van der Waals surface area contributed by atoms with Gasteiger partial charge >= 0.3 is 6.09 Å². The average molecular weight is 371 g/mol. The van der Waals surface area contributed by atoms with Crippen LogP contribution in [-0.2, 0) is 17.8 Å². The van der Waals surface area contributed by atoms with Crippen LogP contribution >= 0.6 is 11.3 Å². The summed E-state index contributed by atoms with van der Waals surface area (Å²) >= 11 is 1.19. The lowest BCUT2D eigenvalue weighted by Crippen LogP contribution is -2.34. The third-order valence-electron chi connectivity index (χ3n) is 4.00. The predicted octanol–water partition coefficient (Wildman–Crippen LogP) is 3.45. The highest BCUT2D eigenvalue weighted by atomic mass is 32.1. The Morgan fingerprint density at radius 1 is 1.38 bits per heavy atom. The first kappa shape index (κ1) is 17.6. The van der Waals surface area contributed by atoms with E-state index in [1.54, 1.807) is 18.2 Å². The number of carboxylic acid groups (broad SMARTS) is 1. The summed E-state index contributed by atoms with van der Waals surface area (Å²) in [5.74, 6) is -0.923. The molecule has 3 rings (SSSR count). The number of fused-ring (bicyclic) bond motifs is 1. The van der Waals surface area contributed by atoms with Crippen LogP contribution in [-0.4, -0.2) is 28.6 Å². The van der Waals surface area contributed by atoms with E-state index in [0.29, 0.717) is 23.5 Å². The number of anilines is 1. The van der Waals surface area contributed by atoms with E-state index in [2.05, 4.69) is 11.4 Å². The summed E-state index contributed by atoms with van der Waals surface area (Å²) in [6, 6.07) is 8.15. The van der Waals surface area contributed by atoms with E-state index in [1.807, 2.05) is 0 Å². The van der Waals surface area contributed by atoms with Crippen molar-refractivity contribution in [2.45, 2.75) is 13.0 Å². The van der Waals surface area contributed by atoms with Crippen molar-refractivity contribution in [3.8, 4) is 6.07 Å². The van der Waals surface area contributed by atoms with Gasteiger partial charge in [-0.3, -0.25) is 4.79 Å². The van der Waals surface area contributed by atoms with Gasteiger partial charge in [-0.05, 0) is 24.1 Å². The van der Waals surface area contributed by atoms with Crippen LogP contribution in [0.25, 0.3) is 6.08 Å². The van der Waals surface area contributed by atoms with Crippen molar-refractivity contribution >= 4 is 34.4 Å². The molecule has 0 radical (unpaired) electrons. The number of carbonyl (C=O) groups is 2. The summed E-state index contributed by atoms with van der Waals surface area (Å²) in [5.41, 5.74) is 1.43. The number of thiophene rings is 1. The standard InChI is InChI=1S/C18H14FN3O3S/c19-14-4-2-1-3-11(14)5-6-16(23)21-17-13(9-20)12-7-8-22(18(24)25)10-15(12)26-17/h1-6H,7-8,10H2,(H,21,23)(H,24,25)/b6-5+. The van der Waals surface area contributed by atoms with Crippen molar-refractivity contribution in [3.05, 3.63) is 57.7 Å². The zero-order valence-corrected chi connectivity index (χ0v) is 14.3. The summed E-state index contributed by atoms with van der Waals surface area (Å²) in [6.45, 7) is 0.513. The molecule has 0 spiro atoms. The van der Waals surface area contributed by atoms with Crippen molar-refractivity contribution < 1.29 is 19.1 Å². The number of nitrogens with zero attached hydrogens (tertiary/aromatic N) is 2. The van der Waals surface area contributed by atoms with Crippen molar-refractivity contribution in [3.63, 3.8) is 0 Å². The molecule has 1 aromatic carbocycles. The Labute approximate surface area is 152 Å². The highest BCUT2D eigenvalue weighted by molar-refractivity contribution is 7.16. The molecule has 0 saturated heterocycles. The van der Waals surface area contributed by atoms with Gasteiger partial charge in [-0.1, -0.05) is 18.2 Å². The Morgan fingerprint density at radius 3 is 2.85 bits per heavy atom. The van der Waals surface area contributed by atoms with E-state index in [1.165, 1.54) is 34.5 Å². The predicted molar refractivity (Wildman–Crippen MR) is 95.2 cm³/mol. The lowest BCUT2D eigenvalue weighted by molar-refractivity contribution is -0.111. The molecule has 0 unspecified atom stereocenters. The molecule has 6 nitrogen and oxygen atoms in total. The Kier molecular flexibility index (Phi) is 5.00. The molecule has 0 atom stereocenters. The maximum atomic E-state index is 13.6. The van der Waals surface area contributed by atoms with Gasteiger partial charge in [0.15, 0.2) is 0 Å². The number of halogens is 1. The monoisotopic (exact) mass is 371 g/mol. The first-order valence-electron chi connectivity index (χ1n) is 7.75. The molecule has 2 heterocycles. The molecular weight excluding hydrogens is 357 g/mol. The number of nitrogens with one attached hydrogen (secondary N) is 1. The van der Waals surface area contributed by atoms with Crippen LogP contribution in [0.4, 0.5) is 14.2 Å². The number of rotatable bonds is 3. The number of nitriles is 1. The van der Waals surface area contributed by atoms with E-state index in [-0.39, 0.29) is 12.1 Å². The molecule has 0 aliphatic carbocycles. The van der Waals surface area contributed by atoms with Gasteiger partial charge in [0.25, 0.3) is 0 Å². The van der Waals surface area contributed by atoms with Crippen LogP contribution in [0.3, 0.4) is 0 Å². The van der Waals surface area contributed by atoms with Crippen LogP contribution in [0.1, 0.15) is 21.6 Å². The molecule has 0 bridgehead atoms. The lowest BCUT2D eigenvalue weighted by Gasteiger charge is -2.23. The molecule has 1 aliphatic rings. The summed E-state index contributed by atoms with van der Waals surface area (Å²) < 4.78 is 13.6. The van der Waals surface area contributed by atoms with Gasteiger partial charge in [0, 0.05) is 23.1 Å². The Morgan fingerprint density at radius 2 is 2.15 bits per heavy atom. The Balaban J connectivity index is 1.78. The van der Waals surface area contributed by atoms with Crippen LogP contribution in [0.15, 0.2) is 30.3 Å². The van der Waals surface area contributed by atoms with Crippen molar-refractivity contribution in [2.24, 2.45) is 0 Å². The molecular formula is C18H14FN3O3S. The van der Waals surface area contributed by atoms with Crippen molar-refractivity contribution in [2.75, 3.05) is 11.9 Å². The van der Waals surface area contributed by atoms with E-state index < -0.39 is 17.8 Å². The van der Waals surface area contributed by atoms with E-state index in [9.17, 15) is 19.2 Å². The molecule has 26 heavy (non-hydrogen) atoms. The molecule has 132 valence electrons. The Bertz CT molecular complexity index is 946. The van der Waals surface area contributed by atoms with Crippen LogP contribution in [0, 0.1) is 17.1 Å². The minimum absolute atomic E-state index is 0.199. The summed E-state index contributed by atoms with van der Waals surface area (Å²) in [4.78, 5) is 25.3. The van der Waals surface area contributed by atoms with Gasteiger partial charge in [0.1, 0.15) is 16.9 Å². The van der Waals surface area contributed by atoms with Gasteiger partial charge in [-0.15, -0.1) is 11.3 Å². The second kappa shape index (κ2) is 7.37. The molecule has 8 heteroatoms. The minimum Gasteiger partial charge on any atom is -0.465 e. The highest BCUT2D eigenvalue weighted by Gasteiger charge is 2.27. The highest BCUT2D eigenvalue weighted by Crippen LogP contribution is 2.36. The zero-order chi connectivity index (χ0) is 18.7. The first-order valence-corrected chi connectivity index (χ1v) is 8.57. The normalized spacial score (nSPS) is 13.3. The van der Waals surface area contributed by atoms with Crippen LogP contribution in [0.2, 0.25) is 0 Å². The van der Waals surface area contributed by atoms with Gasteiger partial charge < -0.3 is 15.3 Å². The Hall–Kier alpha value is -3.18. The summed E-state index contributed by atoms with van der Waals surface area (Å²) in [7, 11) is 0. The molecule has 1 aliphatic heterocycles. The van der Waals surface area contributed by atoms with Gasteiger partial charge in [-0.2, -0.15) is 5.26 Å². The number of benzene rings is 1. The van der Waals surface area contributed by atoms with E-state index >= 15 is 0 Å². The third kappa shape index (κ3) is 3.58. The fraction of sp³-hybridized carbons (Fsp3) is 0.167. The first-order chi connectivity index (χ1) is 12.5. The fourth-order valence-corrected chi connectivity index (χ4v) is 3.92. The molecule has 2 N–H and O–H groups in total. The summed E-state index contributed by atoms with van der Waals surface area (Å²) in [6.07, 6.45) is 1.97. The molecule has 2 amide bonds. The molecule has 0 fully saturated rings. The molecule has 2 aromatic rings. The molecule has 0 saturated carbocycles. The third-order valence-corrected chi connectivity index (χ3v) is 5.13. The van der Waals surface area contributed by atoms with Crippen molar-refractivity contribution in [1.29, 1.82) is 5.26 Å². The van der Waals surface area contributed by atoms with E-state index in [4.69, 9.17) is 5.11 Å². The quantitative estimate of drug-likeness (QED) is 0.808. The largest absolute Gasteiger partial charge is 0.465 e. The molecule has 1 aromatic heterocycles. The fourth-order valence-electron chi connectivity index (χ4n) is 2.70. The second-order valence-corrected chi connectivity index (χ2v) is 6.72. The van der Waals surface area contributed by atoms with Gasteiger partial charge in [0.2, 0.25) is 5.91 Å². The van der Waals surface area contributed by atoms with Gasteiger partial charge in [-0.25, -0.2) is 9.18 Å². The zero-order valence-electron chi connectivity index (χ0n) is 13.5. The smallest absolute Gasteiger partial charge is 0.407 e. The maximum Gasteiger partial charge on any atom is 0.407 e. The number of hydrogen-bond acceptors (Lipinski definition) is 4. The summed E-state index contributed by atoms with van der Waals surface area (Å²) in [5, 5.41) is 21.5. The van der Waals surface area contributed by atoms with E-state index in [0.717, 1.165) is 10.4 Å². The average Bonchev–Trinajstić information content (AvgIpc) is 2.96. The van der Waals surface area contributed by atoms with Crippen LogP contribution in [0.5, 0.6) is 0 Å².